The average molecular weight is 484 g/mol. The fraction of sp³-hybridized carbons (Fsp3) is 0.182. The molecule has 1 amide bonds. The van der Waals surface area contributed by atoms with Gasteiger partial charge in [0.05, 0.1) is 12.0 Å². The van der Waals surface area contributed by atoms with Crippen molar-refractivity contribution >= 4 is 39.8 Å². The number of carbonyl (C=O) groups is 1. The summed E-state index contributed by atoms with van der Waals surface area (Å²) in [6.45, 7) is 4.42. The lowest BCUT2D eigenvalue weighted by atomic mass is 10.1. The van der Waals surface area contributed by atoms with Gasteiger partial charge in [-0.05, 0) is 29.7 Å². The molecule has 30 heavy (non-hydrogen) atoms. The first-order chi connectivity index (χ1) is 14.7. The molecule has 0 spiro atoms. The fourth-order valence-corrected chi connectivity index (χ4v) is 3.74. The Morgan fingerprint density at radius 3 is 2.63 bits per heavy atom. The molecule has 154 valence electrons. The molecule has 3 aromatic rings. The number of carbonyl (C=O) groups excluding carboxylic acids is 1. The van der Waals surface area contributed by atoms with E-state index in [0.29, 0.717) is 11.7 Å². The van der Waals surface area contributed by atoms with Gasteiger partial charge in [-0.1, -0.05) is 76.2 Å². The fourth-order valence-electron chi connectivity index (χ4n) is 2.71. The van der Waals surface area contributed by atoms with E-state index in [1.807, 2.05) is 53.1 Å². The molecular weight excluding hydrogens is 462 g/mol. The maximum absolute atomic E-state index is 12.1. The molecule has 1 N–H and O–H groups in total. The predicted molar refractivity (Wildman–Crippen MR) is 125 cm³/mol. The number of aromatic nitrogens is 3. The van der Waals surface area contributed by atoms with Crippen LogP contribution in [0.5, 0.6) is 0 Å². The van der Waals surface area contributed by atoms with E-state index in [9.17, 15) is 4.79 Å². The van der Waals surface area contributed by atoms with E-state index in [2.05, 4.69) is 55.4 Å². The maximum atomic E-state index is 12.1. The van der Waals surface area contributed by atoms with E-state index in [-0.39, 0.29) is 11.7 Å². The first kappa shape index (κ1) is 22.0. The average Bonchev–Trinajstić information content (AvgIpc) is 3.15. The Morgan fingerprint density at radius 2 is 1.90 bits per heavy atom. The van der Waals surface area contributed by atoms with Crippen LogP contribution in [0.2, 0.25) is 0 Å². The number of nitrogens with one attached hydrogen (secondary N) is 1. The van der Waals surface area contributed by atoms with E-state index in [4.69, 9.17) is 0 Å². The highest BCUT2D eigenvalue weighted by molar-refractivity contribution is 9.10. The molecule has 0 atom stereocenters. The van der Waals surface area contributed by atoms with Crippen LogP contribution in [0.1, 0.15) is 17.0 Å². The zero-order valence-corrected chi connectivity index (χ0v) is 18.8. The van der Waals surface area contributed by atoms with Crippen LogP contribution in [0.3, 0.4) is 0 Å². The van der Waals surface area contributed by atoms with Gasteiger partial charge in [-0.3, -0.25) is 4.79 Å². The third-order valence-corrected chi connectivity index (χ3v) is 5.69. The molecule has 8 heteroatoms. The summed E-state index contributed by atoms with van der Waals surface area (Å²) in [5.41, 5.74) is 4.70. The lowest BCUT2D eigenvalue weighted by molar-refractivity contribution is -0.118. The molecule has 6 nitrogen and oxygen atoms in total. The van der Waals surface area contributed by atoms with Crippen molar-refractivity contribution in [3.63, 3.8) is 0 Å². The molecule has 0 fully saturated rings. The highest BCUT2D eigenvalue weighted by Crippen LogP contribution is 2.18. The van der Waals surface area contributed by atoms with Crippen LogP contribution in [-0.4, -0.2) is 32.6 Å². The van der Waals surface area contributed by atoms with Crippen LogP contribution in [0.25, 0.3) is 0 Å². The van der Waals surface area contributed by atoms with Crippen LogP contribution < -0.4 is 5.43 Å². The summed E-state index contributed by atoms with van der Waals surface area (Å²) in [6, 6.07) is 17.9. The van der Waals surface area contributed by atoms with Crippen molar-refractivity contribution in [3.05, 3.63) is 88.7 Å². The molecule has 3 rings (SSSR count). The predicted octanol–water partition coefficient (Wildman–Crippen LogP) is 4.25. The van der Waals surface area contributed by atoms with Gasteiger partial charge in [0.15, 0.2) is 5.16 Å². The van der Waals surface area contributed by atoms with E-state index in [0.717, 1.165) is 28.7 Å². The lowest BCUT2D eigenvalue weighted by Gasteiger charge is -2.07. The van der Waals surface area contributed by atoms with Crippen molar-refractivity contribution in [1.29, 1.82) is 0 Å². The summed E-state index contributed by atoms with van der Waals surface area (Å²) in [5.74, 6) is 0.883. The Labute approximate surface area is 188 Å². The van der Waals surface area contributed by atoms with Crippen LogP contribution in [-0.2, 0) is 24.2 Å². The molecule has 0 aliphatic rings. The Balaban J connectivity index is 1.53. The quantitative estimate of drug-likeness (QED) is 0.202. The van der Waals surface area contributed by atoms with Crippen molar-refractivity contribution in [2.75, 3.05) is 5.75 Å². The molecule has 0 aliphatic carbocycles. The molecule has 2 aromatic carbocycles. The molecule has 0 radical (unpaired) electrons. The minimum Gasteiger partial charge on any atom is -0.302 e. The van der Waals surface area contributed by atoms with Gasteiger partial charge in [0.2, 0.25) is 0 Å². The SMILES string of the molecule is C=CCn1c(CCc2ccccc2)nnc1SCC(=O)N/N=C/c1ccc(Br)cc1. The van der Waals surface area contributed by atoms with Crippen LogP contribution in [0.15, 0.2) is 82.0 Å². The number of hydrogen-bond acceptors (Lipinski definition) is 5. The Morgan fingerprint density at radius 1 is 1.13 bits per heavy atom. The number of amides is 1. The number of rotatable bonds is 10. The van der Waals surface area contributed by atoms with Crippen molar-refractivity contribution in [2.24, 2.45) is 5.10 Å². The lowest BCUT2D eigenvalue weighted by Crippen LogP contribution is -2.20. The number of nitrogens with zero attached hydrogens (tertiary/aromatic N) is 4. The van der Waals surface area contributed by atoms with Crippen LogP contribution in [0, 0.1) is 0 Å². The minimum absolute atomic E-state index is 0.200. The summed E-state index contributed by atoms with van der Waals surface area (Å²) < 4.78 is 2.99. The normalized spacial score (nSPS) is 11.0. The van der Waals surface area contributed by atoms with Gasteiger partial charge in [-0.25, -0.2) is 5.43 Å². The Hall–Kier alpha value is -2.71. The van der Waals surface area contributed by atoms with E-state index in [1.165, 1.54) is 17.3 Å². The van der Waals surface area contributed by atoms with Crippen LogP contribution in [0.4, 0.5) is 0 Å². The van der Waals surface area contributed by atoms with Gasteiger partial charge in [0.25, 0.3) is 5.91 Å². The zero-order chi connectivity index (χ0) is 21.2. The minimum atomic E-state index is -0.202. The first-order valence-corrected chi connectivity index (χ1v) is 11.2. The largest absolute Gasteiger partial charge is 0.302 e. The number of thioether (sulfide) groups is 1. The summed E-state index contributed by atoms with van der Waals surface area (Å²) in [6.07, 6.45) is 5.07. The van der Waals surface area contributed by atoms with Gasteiger partial charge in [0.1, 0.15) is 5.82 Å². The zero-order valence-electron chi connectivity index (χ0n) is 16.4. The molecular formula is C22H22BrN5OS. The second kappa shape index (κ2) is 11.5. The van der Waals surface area contributed by atoms with E-state index in [1.54, 1.807) is 6.21 Å². The smallest absolute Gasteiger partial charge is 0.250 e. The summed E-state index contributed by atoms with van der Waals surface area (Å²) in [5, 5.41) is 13.3. The van der Waals surface area contributed by atoms with Gasteiger partial charge >= 0.3 is 0 Å². The van der Waals surface area contributed by atoms with E-state index >= 15 is 0 Å². The number of allylic oxidation sites excluding steroid dienone is 1. The molecule has 0 saturated carbocycles. The molecule has 0 aliphatic heterocycles. The van der Waals surface area contributed by atoms with Gasteiger partial charge in [-0.15, -0.1) is 16.8 Å². The van der Waals surface area contributed by atoms with Gasteiger partial charge < -0.3 is 4.57 Å². The number of hydrazone groups is 1. The van der Waals surface area contributed by atoms with Crippen molar-refractivity contribution in [3.8, 4) is 0 Å². The molecule has 0 bridgehead atoms. The first-order valence-electron chi connectivity index (χ1n) is 9.43. The molecule has 0 saturated heterocycles. The topological polar surface area (TPSA) is 72.2 Å². The standard InChI is InChI=1S/C22H22BrN5OS/c1-2-14-28-20(13-10-17-6-4-3-5-7-17)25-27-22(28)30-16-21(29)26-24-15-18-8-11-19(23)12-9-18/h2-9,11-12,15H,1,10,13-14,16H2,(H,26,29)/b24-15+. The van der Waals surface area contributed by atoms with Crippen molar-refractivity contribution < 1.29 is 4.79 Å². The molecule has 0 unspecified atom stereocenters. The number of aryl methyl sites for hydroxylation is 2. The van der Waals surface area contributed by atoms with Gasteiger partial charge in [-0.2, -0.15) is 5.10 Å². The van der Waals surface area contributed by atoms with Crippen molar-refractivity contribution in [2.45, 2.75) is 24.5 Å². The molecule has 1 heterocycles. The Kier molecular flexibility index (Phi) is 8.41. The number of halogens is 1. The molecule has 1 aromatic heterocycles. The summed E-state index contributed by atoms with van der Waals surface area (Å²) in [7, 11) is 0. The second-order valence-electron chi connectivity index (χ2n) is 6.42. The highest BCUT2D eigenvalue weighted by atomic mass is 79.9. The van der Waals surface area contributed by atoms with E-state index < -0.39 is 0 Å². The maximum Gasteiger partial charge on any atom is 0.250 e. The summed E-state index contributed by atoms with van der Waals surface area (Å²) >= 11 is 4.72. The highest BCUT2D eigenvalue weighted by Gasteiger charge is 2.13. The second-order valence-corrected chi connectivity index (χ2v) is 8.28. The summed E-state index contributed by atoms with van der Waals surface area (Å²) in [4.78, 5) is 12.1. The number of hydrogen-bond donors (Lipinski definition) is 1. The number of benzene rings is 2. The monoisotopic (exact) mass is 483 g/mol. The van der Waals surface area contributed by atoms with Crippen LogP contribution >= 0.6 is 27.7 Å². The Bertz CT molecular complexity index is 1000. The third kappa shape index (κ3) is 6.67. The third-order valence-electron chi connectivity index (χ3n) is 4.19. The van der Waals surface area contributed by atoms with Crippen molar-refractivity contribution in [1.82, 2.24) is 20.2 Å². The van der Waals surface area contributed by atoms with Gasteiger partial charge in [0, 0.05) is 17.4 Å².